The van der Waals surface area contributed by atoms with Gasteiger partial charge in [-0.15, -0.1) is 0 Å². The van der Waals surface area contributed by atoms with Crippen molar-refractivity contribution in [1.29, 1.82) is 0 Å². The fraction of sp³-hybridized carbons (Fsp3) is 0.667. The van der Waals surface area contributed by atoms with Gasteiger partial charge in [0.25, 0.3) is 0 Å². The Morgan fingerprint density at radius 1 is 0.960 bits per heavy atom. The third-order valence-corrected chi connectivity index (χ3v) is 4.17. The maximum absolute atomic E-state index is 6.01. The lowest BCUT2D eigenvalue weighted by Crippen LogP contribution is -2.17. The molecule has 1 aliphatic rings. The van der Waals surface area contributed by atoms with Gasteiger partial charge in [0.05, 0.1) is 18.8 Å². The van der Waals surface area contributed by atoms with E-state index in [1.54, 1.807) is 0 Å². The summed E-state index contributed by atoms with van der Waals surface area (Å²) < 4.78 is 17.7. The first-order chi connectivity index (χ1) is 12.1. The van der Waals surface area contributed by atoms with Crippen LogP contribution in [0.3, 0.4) is 0 Å². The molecule has 0 amide bonds. The summed E-state index contributed by atoms with van der Waals surface area (Å²) in [5.74, 6) is 2.30. The number of unbranched alkanes of at least 4 members (excludes halogenated alkanes) is 4. The quantitative estimate of drug-likeness (QED) is 0.505. The molecule has 0 aromatic heterocycles. The zero-order valence-electron chi connectivity index (χ0n) is 16.3. The van der Waals surface area contributed by atoms with E-state index in [4.69, 9.17) is 14.2 Å². The molecule has 1 aromatic carbocycles. The number of hydrogen-bond donors (Lipinski definition) is 0. The van der Waals surface area contributed by atoms with E-state index in [1.165, 1.54) is 25.7 Å². The maximum atomic E-state index is 6.01. The van der Waals surface area contributed by atoms with Crippen LogP contribution in [0.4, 0.5) is 0 Å². The molecule has 0 unspecified atom stereocenters. The van der Waals surface area contributed by atoms with Crippen LogP contribution in [0.1, 0.15) is 71.8 Å². The molecule has 2 rings (SSSR count). The first-order valence-electron chi connectivity index (χ1n) is 9.68. The van der Waals surface area contributed by atoms with E-state index < -0.39 is 0 Å². The molecule has 0 N–H and O–H groups in total. The van der Waals surface area contributed by atoms with Crippen molar-refractivity contribution in [2.45, 2.75) is 71.8 Å². The summed E-state index contributed by atoms with van der Waals surface area (Å²) in [4.78, 5) is 4.66. The van der Waals surface area contributed by atoms with Gasteiger partial charge in [-0.25, -0.2) is 4.99 Å². The lowest BCUT2D eigenvalue weighted by molar-refractivity contribution is 0.259. The van der Waals surface area contributed by atoms with Crippen LogP contribution in [0.2, 0.25) is 0 Å². The van der Waals surface area contributed by atoms with E-state index in [1.807, 2.05) is 18.2 Å². The highest BCUT2D eigenvalue weighted by atomic mass is 16.5. The van der Waals surface area contributed by atoms with Crippen LogP contribution in [0.25, 0.3) is 0 Å². The molecule has 0 aliphatic carbocycles. The van der Waals surface area contributed by atoms with Crippen LogP contribution in [-0.2, 0) is 4.74 Å². The van der Waals surface area contributed by atoms with Crippen LogP contribution in [0, 0.1) is 0 Å². The van der Waals surface area contributed by atoms with Crippen LogP contribution >= 0.6 is 0 Å². The van der Waals surface area contributed by atoms with Crippen LogP contribution < -0.4 is 9.47 Å². The van der Waals surface area contributed by atoms with E-state index in [9.17, 15) is 0 Å². The van der Waals surface area contributed by atoms with Gasteiger partial charge in [-0.1, -0.05) is 39.5 Å². The number of ether oxygens (including phenoxy) is 3. The van der Waals surface area contributed by atoms with Gasteiger partial charge in [-0.05, 0) is 44.9 Å². The van der Waals surface area contributed by atoms with Gasteiger partial charge in [-0.2, -0.15) is 0 Å². The highest BCUT2D eigenvalue weighted by Crippen LogP contribution is 2.31. The normalized spacial score (nSPS) is 15.6. The monoisotopic (exact) mass is 347 g/mol. The molecule has 0 spiro atoms. The molecule has 0 fully saturated rings. The zero-order chi connectivity index (χ0) is 18.1. The van der Waals surface area contributed by atoms with Crippen molar-refractivity contribution >= 4 is 5.90 Å². The predicted molar refractivity (Wildman–Crippen MR) is 103 cm³/mol. The largest absolute Gasteiger partial charge is 0.490 e. The topological polar surface area (TPSA) is 40.0 Å². The third kappa shape index (κ3) is 6.26. The Hall–Kier alpha value is -1.71. The summed E-state index contributed by atoms with van der Waals surface area (Å²) >= 11 is 0. The van der Waals surface area contributed by atoms with E-state index in [0.717, 1.165) is 36.5 Å². The second-order valence-corrected chi connectivity index (χ2v) is 7.29. The van der Waals surface area contributed by atoms with Crippen molar-refractivity contribution in [1.82, 2.24) is 0 Å². The number of rotatable bonds is 11. The highest BCUT2D eigenvalue weighted by Gasteiger charge is 2.27. The molecule has 1 aliphatic heterocycles. The van der Waals surface area contributed by atoms with Gasteiger partial charge < -0.3 is 14.2 Å². The fourth-order valence-corrected chi connectivity index (χ4v) is 2.67. The summed E-state index contributed by atoms with van der Waals surface area (Å²) in [6, 6.07) is 5.99. The van der Waals surface area contributed by atoms with Crippen LogP contribution in [0.5, 0.6) is 11.5 Å². The average Bonchev–Trinajstić information content (AvgIpc) is 2.96. The van der Waals surface area contributed by atoms with Gasteiger partial charge in [0.15, 0.2) is 11.5 Å². The van der Waals surface area contributed by atoms with Crippen molar-refractivity contribution in [3.05, 3.63) is 23.8 Å². The van der Waals surface area contributed by atoms with Crippen LogP contribution in [0.15, 0.2) is 23.2 Å². The Bertz CT molecular complexity index is 566. The molecular formula is C21H33NO3. The first-order valence-corrected chi connectivity index (χ1v) is 9.68. The second-order valence-electron chi connectivity index (χ2n) is 7.29. The molecule has 4 heteroatoms. The van der Waals surface area contributed by atoms with Crippen molar-refractivity contribution in [2.24, 2.45) is 4.99 Å². The Kier molecular flexibility index (Phi) is 7.60. The molecule has 0 atom stereocenters. The SMILES string of the molecule is CCCCCOc1ccc(C2=NC(C)(C)CO2)cc1OCCCCC. The number of nitrogens with zero attached hydrogens (tertiary/aromatic N) is 1. The Labute approximate surface area is 152 Å². The van der Waals surface area contributed by atoms with Crippen LogP contribution in [-0.4, -0.2) is 31.3 Å². The molecule has 4 nitrogen and oxygen atoms in total. The molecular weight excluding hydrogens is 314 g/mol. The van der Waals surface area contributed by atoms with E-state index >= 15 is 0 Å². The van der Waals surface area contributed by atoms with Crippen molar-refractivity contribution in [3.63, 3.8) is 0 Å². The summed E-state index contributed by atoms with van der Waals surface area (Å²) in [5.41, 5.74) is 0.796. The summed E-state index contributed by atoms with van der Waals surface area (Å²) in [7, 11) is 0. The van der Waals surface area contributed by atoms with E-state index in [0.29, 0.717) is 19.1 Å². The van der Waals surface area contributed by atoms with Gasteiger partial charge >= 0.3 is 0 Å². The smallest absolute Gasteiger partial charge is 0.216 e. The lowest BCUT2D eigenvalue weighted by atomic mass is 10.1. The highest BCUT2D eigenvalue weighted by molar-refractivity contribution is 5.96. The number of benzene rings is 1. The first kappa shape index (κ1) is 19.6. The number of aliphatic imine (C=N–C) groups is 1. The van der Waals surface area contributed by atoms with E-state index in [-0.39, 0.29) is 5.54 Å². The minimum Gasteiger partial charge on any atom is -0.490 e. The molecule has 140 valence electrons. The molecule has 0 bridgehead atoms. The molecule has 1 aromatic rings. The summed E-state index contributed by atoms with van der Waals surface area (Å²) in [6.45, 7) is 10.6. The number of hydrogen-bond acceptors (Lipinski definition) is 4. The average molecular weight is 347 g/mol. The predicted octanol–water partition coefficient (Wildman–Crippen LogP) is 5.38. The van der Waals surface area contributed by atoms with E-state index in [2.05, 4.69) is 32.7 Å². The molecule has 0 saturated carbocycles. The minimum absolute atomic E-state index is 0.160. The zero-order valence-corrected chi connectivity index (χ0v) is 16.3. The lowest BCUT2D eigenvalue weighted by Gasteiger charge is -2.14. The maximum Gasteiger partial charge on any atom is 0.216 e. The molecule has 1 heterocycles. The minimum atomic E-state index is -0.160. The summed E-state index contributed by atoms with van der Waals surface area (Å²) in [5, 5.41) is 0. The van der Waals surface area contributed by atoms with Gasteiger partial charge in [-0.3, -0.25) is 0 Å². The second kappa shape index (κ2) is 9.69. The van der Waals surface area contributed by atoms with Crippen molar-refractivity contribution in [2.75, 3.05) is 19.8 Å². The molecule has 0 saturated heterocycles. The Balaban J connectivity index is 2.09. The van der Waals surface area contributed by atoms with Crippen molar-refractivity contribution in [3.8, 4) is 11.5 Å². The molecule has 0 radical (unpaired) electrons. The van der Waals surface area contributed by atoms with Gasteiger partial charge in [0.1, 0.15) is 6.61 Å². The Morgan fingerprint density at radius 3 is 2.16 bits per heavy atom. The van der Waals surface area contributed by atoms with Gasteiger partial charge in [0.2, 0.25) is 5.90 Å². The van der Waals surface area contributed by atoms with Crippen molar-refractivity contribution < 1.29 is 14.2 Å². The third-order valence-electron chi connectivity index (χ3n) is 4.17. The molecule has 25 heavy (non-hydrogen) atoms. The fourth-order valence-electron chi connectivity index (χ4n) is 2.67. The Morgan fingerprint density at radius 2 is 1.60 bits per heavy atom. The van der Waals surface area contributed by atoms with Gasteiger partial charge in [0, 0.05) is 5.56 Å². The standard InChI is InChI=1S/C21H33NO3/c1-5-7-9-13-23-18-12-11-17(20-22-21(3,4)16-25-20)15-19(18)24-14-10-8-6-2/h11-12,15H,5-10,13-14,16H2,1-4H3. The summed E-state index contributed by atoms with van der Waals surface area (Å²) in [6.07, 6.45) is 6.86.